The zero-order valence-corrected chi connectivity index (χ0v) is 10.2. The Morgan fingerprint density at radius 2 is 1.78 bits per heavy atom. The molecule has 0 aromatic rings. The van der Waals surface area contributed by atoms with Crippen molar-refractivity contribution in [2.75, 3.05) is 20.3 Å². The summed E-state index contributed by atoms with van der Waals surface area (Å²) < 4.78 is 9.28. The molecule has 0 N–H and O–H groups in total. The quantitative estimate of drug-likeness (QED) is 0.271. The van der Waals surface area contributed by atoms with E-state index >= 15 is 0 Å². The van der Waals surface area contributed by atoms with E-state index in [0.29, 0.717) is 0 Å². The third-order valence-corrected chi connectivity index (χ3v) is 2.41. The Morgan fingerprint density at radius 1 is 1.22 bits per heavy atom. The first-order valence-corrected chi connectivity index (χ1v) is 5.02. The molecule has 0 radical (unpaired) electrons. The minimum absolute atomic E-state index is 0.0593. The van der Waals surface area contributed by atoms with Crippen LogP contribution >= 0.6 is 0 Å². The third-order valence-electron chi connectivity index (χ3n) is 2.41. The van der Waals surface area contributed by atoms with Crippen molar-refractivity contribution >= 4 is 17.9 Å². The minimum Gasteiger partial charge on any atom is -0.549 e. The number of carboxylic acid groups (broad SMARTS) is 2. The summed E-state index contributed by atoms with van der Waals surface area (Å²) in [6.45, 7) is 4.18. The maximum absolute atomic E-state index is 11.3. The average molecular weight is 258 g/mol. The Balaban J connectivity index is 4.73. The van der Waals surface area contributed by atoms with E-state index in [1.807, 2.05) is 0 Å². The van der Waals surface area contributed by atoms with Gasteiger partial charge in [0.05, 0.1) is 25.0 Å². The number of carbonyl (C=O) groups is 3. The molecular weight excluding hydrogens is 244 g/mol. The summed E-state index contributed by atoms with van der Waals surface area (Å²) in [4.78, 5) is 32.9. The molecule has 0 aromatic carbocycles. The Labute approximate surface area is 104 Å². The first-order chi connectivity index (χ1) is 8.25. The summed E-state index contributed by atoms with van der Waals surface area (Å²) in [6.07, 6.45) is -0.703. The number of ether oxygens (including phenoxy) is 2. The molecular formula is C11H14O7-2. The van der Waals surface area contributed by atoms with Gasteiger partial charge in [0.15, 0.2) is 0 Å². The molecule has 1 atom stereocenters. The van der Waals surface area contributed by atoms with Crippen LogP contribution in [0, 0.1) is 5.41 Å². The molecule has 0 rings (SSSR count). The number of hydrogen-bond donors (Lipinski definition) is 0. The molecule has 7 heteroatoms. The lowest BCUT2D eigenvalue weighted by atomic mass is 9.80. The van der Waals surface area contributed by atoms with Crippen LogP contribution in [-0.4, -0.2) is 38.2 Å². The summed E-state index contributed by atoms with van der Waals surface area (Å²) in [7, 11) is 1.40. The third kappa shape index (κ3) is 4.17. The van der Waals surface area contributed by atoms with Crippen molar-refractivity contribution in [3.8, 4) is 0 Å². The van der Waals surface area contributed by atoms with Crippen LogP contribution in [0.5, 0.6) is 0 Å². The fourth-order valence-electron chi connectivity index (χ4n) is 1.11. The van der Waals surface area contributed by atoms with Crippen LogP contribution in [0.2, 0.25) is 0 Å². The average Bonchev–Trinajstić information content (AvgIpc) is 2.27. The molecule has 0 heterocycles. The van der Waals surface area contributed by atoms with Crippen molar-refractivity contribution in [3.63, 3.8) is 0 Å². The topological polar surface area (TPSA) is 116 Å². The van der Waals surface area contributed by atoms with E-state index in [2.05, 4.69) is 16.1 Å². The highest BCUT2D eigenvalue weighted by molar-refractivity contribution is 5.96. The molecule has 0 spiro atoms. The van der Waals surface area contributed by atoms with Gasteiger partial charge >= 0.3 is 5.97 Å². The second-order valence-electron chi connectivity index (χ2n) is 3.78. The summed E-state index contributed by atoms with van der Waals surface area (Å²) in [5, 5.41) is 21.6. The van der Waals surface area contributed by atoms with Gasteiger partial charge < -0.3 is 29.3 Å². The number of carbonyl (C=O) groups excluding carboxylic acids is 3. The highest BCUT2D eigenvalue weighted by Gasteiger charge is 2.33. The van der Waals surface area contributed by atoms with Crippen molar-refractivity contribution in [3.05, 3.63) is 12.2 Å². The molecule has 0 bridgehead atoms. The van der Waals surface area contributed by atoms with Gasteiger partial charge in [0.25, 0.3) is 0 Å². The lowest BCUT2D eigenvalue weighted by Crippen LogP contribution is -2.47. The van der Waals surface area contributed by atoms with Crippen molar-refractivity contribution in [1.29, 1.82) is 0 Å². The Bertz CT molecular complexity index is 360. The summed E-state index contributed by atoms with van der Waals surface area (Å²) in [6, 6.07) is 0. The van der Waals surface area contributed by atoms with Gasteiger partial charge in [0, 0.05) is 12.5 Å². The van der Waals surface area contributed by atoms with Crippen LogP contribution in [0.1, 0.15) is 13.3 Å². The Morgan fingerprint density at radius 3 is 2.17 bits per heavy atom. The highest BCUT2D eigenvalue weighted by Crippen LogP contribution is 2.29. The second-order valence-corrected chi connectivity index (χ2v) is 3.78. The molecule has 18 heavy (non-hydrogen) atoms. The van der Waals surface area contributed by atoms with Crippen LogP contribution in [0.25, 0.3) is 0 Å². The van der Waals surface area contributed by atoms with E-state index in [0.717, 1.165) is 6.92 Å². The molecule has 0 saturated carbocycles. The van der Waals surface area contributed by atoms with Gasteiger partial charge in [-0.3, -0.25) is 4.79 Å². The maximum Gasteiger partial charge on any atom is 0.307 e. The van der Waals surface area contributed by atoms with Gasteiger partial charge in [0.1, 0.15) is 6.61 Å². The largest absolute Gasteiger partial charge is 0.549 e. The molecule has 0 aliphatic heterocycles. The summed E-state index contributed by atoms with van der Waals surface area (Å²) in [5.41, 5.74) is -2.81. The molecule has 0 aliphatic carbocycles. The number of rotatable bonds is 8. The number of aliphatic carboxylic acids is 2. The second kappa shape index (κ2) is 6.75. The van der Waals surface area contributed by atoms with Gasteiger partial charge in [-0.2, -0.15) is 0 Å². The normalized spacial score (nSPS) is 13.4. The van der Waals surface area contributed by atoms with Crippen molar-refractivity contribution in [2.45, 2.75) is 13.3 Å². The summed E-state index contributed by atoms with van der Waals surface area (Å²) in [5.74, 6) is -4.38. The van der Waals surface area contributed by atoms with Crippen LogP contribution < -0.4 is 10.2 Å². The van der Waals surface area contributed by atoms with Crippen molar-refractivity contribution < 1.29 is 34.1 Å². The molecule has 0 aliphatic rings. The van der Waals surface area contributed by atoms with E-state index in [9.17, 15) is 24.6 Å². The lowest BCUT2D eigenvalue weighted by Gasteiger charge is -2.32. The molecule has 0 amide bonds. The van der Waals surface area contributed by atoms with Crippen LogP contribution in [-0.2, 0) is 23.9 Å². The standard InChI is InChI=1S/C11H16O7/c1-7(9(13)14)11(2,10(15)16)6-8(12)18-5-4-17-3/h1,4-6H2,2-3H3,(H,13,14)(H,15,16)/p-2. The number of methoxy groups -OCH3 is 1. The van der Waals surface area contributed by atoms with Crippen LogP contribution in [0.15, 0.2) is 12.2 Å². The number of hydrogen-bond acceptors (Lipinski definition) is 7. The first kappa shape index (κ1) is 16.1. The van der Waals surface area contributed by atoms with Crippen molar-refractivity contribution in [2.24, 2.45) is 5.41 Å². The molecule has 0 saturated heterocycles. The lowest BCUT2D eigenvalue weighted by molar-refractivity contribution is -0.321. The minimum atomic E-state index is -2.07. The predicted octanol–water partition coefficient (Wildman–Crippen LogP) is -2.37. The monoisotopic (exact) mass is 258 g/mol. The SMILES string of the molecule is C=C(C(=O)[O-])C(C)(CC(=O)OCCOC)C(=O)[O-]. The zero-order chi connectivity index (χ0) is 14.3. The van der Waals surface area contributed by atoms with Gasteiger partial charge in [-0.1, -0.05) is 6.58 Å². The Hall–Kier alpha value is -1.89. The van der Waals surface area contributed by atoms with Crippen LogP contribution in [0.3, 0.4) is 0 Å². The van der Waals surface area contributed by atoms with E-state index in [1.54, 1.807) is 0 Å². The van der Waals surface area contributed by atoms with Crippen molar-refractivity contribution in [1.82, 2.24) is 0 Å². The number of carboxylic acids is 2. The number of esters is 1. The predicted molar refractivity (Wildman–Crippen MR) is 54.7 cm³/mol. The fourth-order valence-corrected chi connectivity index (χ4v) is 1.11. The Kier molecular flexibility index (Phi) is 6.04. The molecule has 102 valence electrons. The maximum atomic E-state index is 11.3. The highest BCUT2D eigenvalue weighted by atomic mass is 16.6. The van der Waals surface area contributed by atoms with E-state index in [4.69, 9.17) is 0 Å². The van der Waals surface area contributed by atoms with Gasteiger partial charge in [0.2, 0.25) is 0 Å². The van der Waals surface area contributed by atoms with Gasteiger partial charge in [-0.05, 0) is 12.5 Å². The van der Waals surface area contributed by atoms with Crippen LogP contribution in [0.4, 0.5) is 0 Å². The molecule has 0 fully saturated rings. The van der Waals surface area contributed by atoms with E-state index < -0.39 is 35.3 Å². The van der Waals surface area contributed by atoms with E-state index in [1.165, 1.54) is 7.11 Å². The van der Waals surface area contributed by atoms with Gasteiger partial charge in [-0.25, -0.2) is 0 Å². The smallest absolute Gasteiger partial charge is 0.307 e. The molecule has 0 aromatic heterocycles. The summed E-state index contributed by atoms with van der Waals surface area (Å²) >= 11 is 0. The van der Waals surface area contributed by atoms with Gasteiger partial charge in [-0.15, -0.1) is 0 Å². The molecule has 1 unspecified atom stereocenters. The fraction of sp³-hybridized carbons (Fsp3) is 0.545. The first-order valence-electron chi connectivity index (χ1n) is 5.02. The molecule has 7 nitrogen and oxygen atoms in total. The van der Waals surface area contributed by atoms with E-state index in [-0.39, 0.29) is 13.2 Å². The zero-order valence-electron chi connectivity index (χ0n) is 10.2.